The molecule has 0 bridgehead atoms. The molecule has 4 atom stereocenters. The average Bonchev–Trinajstić information content (AvgIpc) is 2.62. The maximum Gasteiger partial charge on any atom is 0.221 e. The van der Waals surface area contributed by atoms with Crippen molar-refractivity contribution in [2.24, 2.45) is 11.8 Å². The Balaban J connectivity index is 1.73. The van der Waals surface area contributed by atoms with Crippen molar-refractivity contribution in [1.82, 2.24) is 10.6 Å². The van der Waals surface area contributed by atoms with Crippen LogP contribution in [-0.4, -0.2) is 24.5 Å². The Hall–Kier alpha value is -0.570. The summed E-state index contributed by atoms with van der Waals surface area (Å²) < 4.78 is 0. The van der Waals surface area contributed by atoms with Crippen molar-refractivity contribution < 1.29 is 4.79 Å². The van der Waals surface area contributed by atoms with E-state index in [9.17, 15) is 4.79 Å². The van der Waals surface area contributed by atoms with Gasteiger partial charge in [-0.25, -0.2) is 0 Å². The van der Waals surface area contributed by atoms with Gasteiger partial charge in [0.1, 0.15) is 0 Å². The Kier molecular flexibility index (Phi) is 4.43. The van der Waals surface area contributed by atoms with Gasteiger partial charge in [0.2, 0.25) is 5.91 Å². The van der Waals surface area contributed by atoms with Crippen molar-refractivity contribution >= 4 is 5.91 Å². The first-order chi connectivity index (χ1) is 8.16. The molecule has 0 radical (unpaired) electrons. The SMILES string of the molecule is CC1CCC(NC(=O)CC2CCCCN2)C1C. The van der Waals surface area contributed by atoms with Crippen molar-refractivity contribution in [1.29, 1.82) is 0 Å². The molecule has 17 heavy (non-hydrogen) atoms. The molecule has 2 N–H and O–H groups in total. The molecule has 1 saturated heterocycles. The quantitative estimate of drug-likeness (QED) is 0.790. The second-order valence-corrected chi connectivity index (χ2v) is 5.94. The molecule has 0 aromatic heterocycles. The topological polar surface area (TPSA) is 41.1 Å². The summed E-state index contributed by atoms with van der Waals surface area (Å²) in [6.45, 7) is 5.63. The van der Waals surface area contributed by atoms with Gasteiger partial charge < -0.3 is 10.6 Å². The minimum atomic E-state index is 0.246. The van der Waals surface area contributed by atoms with E-state index in [1.165, 1.54) is 19.3 Å². The average molecular weight is 238 g/mol. The highest BCUT2D eigenvalue weighted by molar-refractivity contribution is 5.77. The van der Waals surface area contributed by atoms with E-state index in [4.69, 9.17) is 0 Å². The zero-order chi connectivity index (χ0) is 12.3. The summed E-state index contributed by atoms with van der Waals surface area (Å²) >= 11 is 0. The lowest BCUT2D eigenvalue weighted by molar-refractivity contribution is -0.122. The van der Waals surface area contributed by atoms with Gasteiger partial charge in [-0.3, -0.25) is 4.79 Å². The van der Waals surface area contributed by atoms with Gasteiger partial charge >= 0.3 is 0 Å². The van der Waals surface area contributed by atoms with E-state index in [2.05, 4.69) is 24.5 Å². The summed E-state index contributed by atoms with van der Waals surface area (Å²) in [7, 11) is 0. The van der Waals surface area contributed by atoms with Crippen LogP contribution in [0.1, 0.15) is 52.4 Å². The molecule has 0 spiro atoms. The van der Waals surface area contributed by atoms with E-state index >= 15 is 0 Å². The fraction of sp³-hybridized carbons (Fsp3) is 0.929. The van der Waals surface area contributed by atoms with Gasteiger partial charge in [0.15, 0.2) is 0 Å². The summed E-state index contributed by atoms with van der Waals surface area (Å²) in [6, 6.07) is 0.832. The number of nitrogens with one attached hydrogen (secondary N) is 2. The number of hydrogen-bond acceptors (Lipinski definition) is 2. The van der Waals surface area contributed by atoms with E-state index in [0.29, 0.717) is 24.4 Å². The van der Waals surface area contributed by atoms with E-state index in [0.717, 1.165) is 25.3 Å². The zero-order valence-electron chi connectivity index (χ0n) is 11.2. The van der Waals surface area contributed by atoms with Gasteiger partial charge in [0.25, 0.3) is 0 Å². The number of amides is 1. The summed E-state index contributed by atoms with van der Waals surface area (Å²) in [6.07, 6.45) is 6.76. The summed E-state index contributed by atoms with van der Waals surface area (Å²) in [5.74, 6) is 1.64. The summed E-state index contributed by atoms with van der Waals surface area (Å²) in [5.41, 5.74) is 0. The first-order valence-electron chi connectivity index (χ1n) is 7.19. The molecule has 1 aliphatic carbocycles. The normalized spacial score (nSPS) is 38.0. The largest absolute Gasteiger partial charge is 0.353 e. The molecule has 2 fully saturated rings. The molecular weight excluding hydrogens is 212 g/mol. The molecule has 1 saturated carbocycles. The van der Waals surface area contributed by atoms with Crippen LogP contribution >= 0.6 is 0 Å². The predicted octanol–water partition coefficient (Wildman–Crippen LogP) is 2.07. The number of hydrogen-bond donors (Lipinski definition) is 2. The minimum Gasteiger partial charge on any atom is -0.353 e. The third-order valence-corrected chi connectivity index (χ3v) is 4.66. The minimum absolute atomic E-state index is 0.246. The molecule has 0 aromatic rings. The third-order valence-electron chi connectivity index (χ3n) is 4.66. The van der Waals surface area contributed by atoms with Gasteiger partial charge in [0, 0.05) is 18.5 Å². The van der Waals surface area contributed by atoms with Crippen LogP contribution in [0.4, 0.5) is 0 Å². The molecule has 1 amide bonds. The number of carbonyl (C=O) groups is 1. The second kappa shape index (κ2) is 5.85. The predicted molar refractivity (Wildman–Crippen MR) is 69.8 cm³/mol. The number of carbonyl (C=O) groups excluding carboxylic acids is 1. The van der Waals surface area contributed by atoms with E-state index in [1.54, 1.807) is 0 Å². The lowest BCUT2D eigenvalue weighted by Crippen LogP contribution is -2.42. The molecule has 2 aliphatic rings. The summed E-state index contributed by atoms with van der Waals surface area (Å²) in [5, 5.41) is 6.66. The van der Waals surface area contributed by atoms with E-state index in [1.807, 2.05) is 0 Å². The molecule has 4 unspecified atom stereocenters. The van der Waals surface area contributed by atoms with Crippen LogP contribution in [0.25, 0.3) is 0 Å². The Morgan fingerprint density at radius 2 is 2.06 bits per heavy atom. The molecule has 1 aliphatic heterocycles. The highest BCUT2D eigenvalue weighted by atomic mass is 16.1. The Labute approximate surface area is 105 Å². The lowest BCUT2D eigenvalue weighted by atomic mass is 9.97. The molecular formula is C14H26N2O. The van der Waals surface area contributed by atoms with Crippen LogP contribution in [-0.2, 0) is 4.79 Å². The number of piperidine rings is 1. The highest BCUT2D eigenvalue weighted by Gasteiger charge is 2.31. The molecule has 3 nitrogen and oxygen atoms in total. The van der Waals surface area contributed by atoms with Crippen molar-refractivity contribution in [3.05, 3.63) is 0 Å². The second-order valence-electron chi connectivity index (χ2n) is 5.94. The summed E-state index contributed by atoms with van der Waals surface area (Å²) in [4.78, 5) is 12.0. The van der Waals surface area contributed by atoms with Crippen LogP contribution in [0.2, 0.25) is 0 Å². The van der Waals surface area contributed by atoms with Crippen LogP contribution in [0, 0.1) is 11.8 Å². The highest BCUT2D eigenvalue weighted by Crippen LogP contribution is 2.31. The van der Waals surface area contributed by atoms with Crippen LogP contribution in [0.15, 0.2) is 0 Å². The van der Waals surface area contributed by atoms with Crippen molar-refractivity contribution in [2.45, 2.75) is 64.5 Å². The van der Waals surface area contributed by atoms with Crippen LogP contribution in [0.3, 0.4) is 0 Å². The molecule has 2 rings (SSSR count). The van der Waals surface area contributed by atoms with Gasteiger partial charge in [-0.1, -0.05) is 20.3 Å². The smallest absolute Gasteiger partial charge is 0.221 e. The third kappa shape index (κ3) is 3.44. The lowest BCUT2D eigenvalue weighted by Gasteiger charge is -2.25. The van der Waals surface area contributed by atoms with Gasteiger partial charge in [-0.15, -0.1) is 0 Å². The van der Waals surface area contributed by atoms with Gasteiger partial charge in [-0.2, -0.15) is 0 Å². The Morgan fingerprint density at radius 1 is 1.24 bits per heavy atom. The van der Waals surface area contributed by atoms with E-state index in [-0.39, 0.29) is 5.91 Å². The fourth-order valence-corrected chi connectivity index (χ4v) is 3.16. The van der Waals surface area contributed by atoms with Crippen LogP contribution < -0.4 is 10.6 Å². The Morgan fingerprint density at radius 3 is 2.65 bits per heavy atom. The van der Waals surface area contributed by atoms with Gasteiger partial charge in [0.05, 0.1) is 0 Å². The maximum absolute atomic E-state index is 12.0. The van der Waals surface area contributed by atoms with Crippen molar-refractivity contribution in [3.8, 4) is 0 Å². The zero-order valence-corrected chi connectivity index (χ0v) is 11.2. The van der Waals surface area contributed by atoms with Crippen LogP contribution in [0.5, 0.6) is 0 Å². The van der Waals surface area contributed by atoms with Crippen molar-refractivity contribution in [2.75, 3.05) is 6.54 Å². The monoisotopic (exact) mass is 238 g/mol. The van der Waals surface area contributed by atoms with Crippen molar-refractivity contribution in [3.63, 3.8) is 0 Å². The molecule has 1 heterocycles. The number of rotatable bonds is 3. The molecule has 0 aromatic carbocycles. The molecule has 98 valence electrons. The first kappa shape index (κ1) is 12.9. The van der Waals surface area contributed by atoms with E-state index < -0.39 is 0 Å². The fourth-order valence-electron chi connectivity index (χ4n) is 3.16. The van der Waals surface area contributed by atoms with Gasteiger partial charge in [-0.05, 0) is 44.1 Å². The Bertz CT molecular complexity index is 261. The standard InChI is InChI=1S/C14H26N2O/c1-10-6-7-13(11(10)2)16-14(17)9-12-5-3-4-8-15-12/h10-13,15H,3-9H2,1-2H3,(H,16,17). The maximum atomic E-state index is 12.0. The first-order valence-corrected chi connectivity index (χ1v) is 7.19. The molecule has 3 heteroatoms.